The highest BCUT2D eigenvalue weighted by Crippen LogP contribution is 2.09. The highest BCUT2D eigenvalue weighted by molar-refractivity contribution is 5.94. The van der Waals surface area contributed by atoms with Gasteiger partial charge in [0.2, 0.25) is 6.19 Å². The summed E-state index contributed by atoms with van der Waals surface area (Å²) < 4.78 is 0. The normalized spacial score (nSPS) is 10.8. The van der Waals surface area contributed by atoms with E-state index in [1.54, 1.807) is 12.1 Å². The Morgan fingerprint density at radius 3 is 2.28 bits per heavy atom. The van der Waals surface area contributed by atoms with Gasteiger partial charge in [-0.1, -0.05) is 19.1 Å². The Morgan fingerprint density at radius 1 is 1.33 bits per heavy atom. The number of nitriles is 1. The summed E-state index contributed by atoms with van der Waals surface area (Å²) in [5.41, 5.74) is 4.19. The first kappa shape index (κ1) is 14.2. The Bertz CT molecular complexity index is 451. The number of hydrogen-bond acceptors (Lipinski definition) is 3. The van der Waals surface area contributed by atoms with Crippen molar-refractivity contribution in [2.24, 2.45) is 0 Å². The quantitative estimate of drug-likeness (QED) is 0.505. The van der Waals surface area contributed by atoms with E-state index in [0.717, 1.165) is 11.4 Å². The molecule has 1 rings (SSSR count). The molecule has 4 nitrogen and oxygen atoms in total. The number of hydrogen-bond donors (Lipinski definition) is 1. The van der Waals surface area contributed by atoms with Gasteiger partial charge in [0, 0.05) is 11.1 Å². The van der Waals surface area contributed by atoms with E-state index in [0.29, 0.717) is 5.56 Å². The summed E-state index contributed by atoms with van der Waals surface area (Å²) in [6.45, 7) is 7.74. The molecule has 96 valence electrons. The summed E-state index contributed by atoms with van der Waals surface area (Å²) in [7, 11) is 0. The zero-order valence-electron chi connectivity index (χ0n) is 11.3. The van der Waals surface area contributed by atoms with Crippen molar-refractivity contribution in [3.05, 3.63) is 35.4 Å². The molecule has 0 spiro atoms. The van der Waals surface area contributed by atoms with Gasteiger partial charge >= 0.3 is 0 Å². The molecule has 0 heterocycles. The number of nitrogens with one attached hydrogen (secondary N) is 1. The Kier molecular flexibility index (Phi) is 4.46. The zero-order valence-corrected chi connectivity index (χ0v) is 11.3. The van der Waals surface area contributed by atoms with Crippen molar-refractivity contribution in [1.29, 1.82) is 5.26 Å². The van der Waals surface area contributed by atoms with Gasteiger partial charge < -0.3 is 0 Å². The molecular formula is C14H19N3O. The third-order valence-electron chi connectivity index (χ3n) is 2.36. The van der Waals surface area contributed by atoms with Crippen molar-refractivity contribution < 1.29 is 4.79 Å². The third kappa shape index (κ3) is 3.86. The van der Waals surface area contributed by atoms with Crippen LogP contribution >= 0.6 is 0 Å². The second-order valence-electron chi connectivity index (χ2n) is 5.15. The Hall–Kier alpha value is -1.86. The van der Waals surface area contributed by atoms with E-state index in [9.17, 15) is 4.79 Å². The monoisotopic (exact) mass is 245 g/mol. The fourth-order valence-electron chi connectivity index (χ4n) is 1.47. The molecule has 1 N–H and O–H groups in total. The summed E-state index contributed by atoms with van der Waals surface area (Å²) in [5, 5.41) is 9.99. The maximum Gasteiger partial charge on any atom is 0.281 e. The first-order valence-electron chi connectivity index (χ1n) is 5.98. The van der Waals surface area contributed by atoms with Crippen molar-refractivity contribution >= 4 is 5.91 Å². The lowest BCUT2D eigenvalue weighted by Crippen LogP contribution is -2.49. The van der Waals surface area contributed by atoms with E-state index in [-0.39, 0.29) is 11.4 Å². The van der Waals surface area contributed by atoms with Gasteiger partial charge in [-0.2, -0.15) is 10.3 Å². The summed E-state index contributed by atoms with van der Waals surface area (Å²) >= 11 is 0. The number of nitrogens with zero attached hydrogens (tertiary/aromatic N) is 2. The number of carbonyl (C=O) groups excluding carboxylic acids is 1. The fraction of sp³-hybridized carbons (Fsp3) is 0.429. The van der Waals surface area contributed by atoms with E-state index in [4.69, 9.17) is 5.26 Å². The fourth-order valence-corrected chi connectivity index (χ4v) is 1.47. The predicted molar refractivity (Wildman–Crippen MR) is 70.5 cm³/mol. The molecular weight excluding hydrogens is 226 g/mol. The van der Waals surface area contributed by atoms with Crippen LogP contribution in [0.1, 0.15) is 43.6 Å². The van der Waals surface area contributed by atoms with Crippen LogP contribution in [0, 0.1) is 11.5 Å². The van der Waals surface area contributed by atoms with E-state index < -0.39 is 0 Å². The van der Waals surface area contributed by atoms with Crippen LogP contribution in [0.5, 0.6) is 0 Å². The van der Waals surface area contributed by atoms with Crippen LogP contribution < -0.4 is 5.43 Å². The Balaban J connectivity index is 2.87. The van der Waals surface area contributed by atoms with Crippen molar-refractivity contribution in [1.82, 2.24) is 10.4 Å². The maximum absolute atomic E-state index is 12.1. The summed E-state index contributed by atoms with van der Waals surface area (Å²) in [6.07, 6.45) is 2.79. The largest absolute Gasteiger partial charge is 0.281 e. The second kappa shape index (κ2) is 5.65. The molecule has 0 saturated heterocycles. The minimum absolute atomic E-state index is 0.338. The van der Waals surface area contributed by atoms with Crippen molar-refractivity contribution in [2.75, 3.05) is 0 Å². The second-order valence-corrected chi connectivity index (χ2v) is 5.15. The molecule has 0 aliphatic carbocycles. The first-order valence-corrected chi connectivity index (χ1v) is 5.98. The smallest absolute Gasteiger partial charge is 0.266 e. The molecule has 0 radical (unpaired) electrons. The number of carbonyl (C=O) groups is 1. The van der Waals surface area contributed by atoms with Gasteiger partial charge in [0.05, 0.1) is 0 Å². The predicted octanol–water partition coefficient (Wildman–Crippen LogP) is 2.48. The van der Waals surface area contributed by atoms with E-state index in [1.165, 1.54) is 5.56 Å². The van der Waals surface area contributed by atoms with E-state index in [2.05, 4.69) is 12.3 Å². The highest BCUT2D eigenvalue weighted by Gasteiger charge is 2.21. The average molecular weight is 245 g/mol. The zero-order chi connectivity index (χ0) is 13.8. The van der Waals surface area contributed by atoms with Crippen molar-refractivity contribution in [2.45, 2.75) is 39.7 Å². The van der Waals surface area contributed by atoms with Crippen LogP contribution in [0.25, 0.3) is 0 Å². The summed E-state index contributed by atoms with van der Waals surface area (Å²) in [4.78, 5) is 12.1. The number of amides is 1. The van der Waals surface area contributed by atoms with Gasteiger partial charge in [0.25, 0.3) is 5.91 Å². The maximum atomic E-state index is 12.1. The van der Waals surface area contributed by atoms with Crippen LogP contribution in [0.15, 0.2) is 24.3 Å². The van der Waals surface area contributed by atoms with Crippen molar-refractivity contribution in [3.63, 3.8) is 0 Å². The van der Waals surface area contributed by atoms with E-state index >= 15 is 0 Å². The number of benzene rings is 1. The van der Waals surface area contributed by atoms with Gasteiger partial charge in [-0.25, -0.2) is 5.43 Å². The van der Waals surface area contributed by atoms with Crippen molar-refractivity contribution in [3.8, 4) is 6.19 Å². The Labute approximate surface area is 108 Å². The van der Waals surface area contributed by atoms with Crippen LogP contribution in [0.3, 0.4) is 0 Å². The lowest BCUT2D eigenvalue weighted by Gasteiger charge is -2.25. The number of aryl methyl sites for hydroxylation is 1. The van der Waals surface area contributed by atoms with E-state index in [1.807, 2.05) is 39.1 Å². The molecule has 1 amide bonds. The minimum Gasteiger partial charge on any atom is -0.266 e. The van der Waals surface area contributed by atoms with Gasteiger partial charge in [0.1, 0.15) is 0 Å². The van der Waals surface area contributed by atoms with Crippen LogP contribution in [0.4, 0.5) is 0 Å². The SMILES string of the molecule is CCc1ccc(C(=O)N(C#N)NC(C)(C)C)cc1. The minimum atomic E-state index is -0.339. The molecule has 0 fully saturated rings. The highest BCUT2D eigenvalue weighted by atomic mass is 16.2. The van der Waals surface area contributed by atoms with Crippen LogP contribution in [-0.4, -0.2) is 16.5 Å². The summed E-state index contributed by atoms with van der Waals surface area (Å²) in [6, 6.07) is 7.30. The number of rotatable bonds is 3. The molecule has 0 saturated carbocycles. The molecule has 0 aromatic heterocycles. The third-order valence-corrected chi connectivity index (χ3v) is 2.36. The molecule has 0 atom stereocenters. The van der Waals surface area contributed by atoms with Crippen LogP contribution in [-0.2, 0) is 6.42 Å². The average Bonchev–Trinajstić information content (AvgIpc) is 2.34. The molecule has 0 unspecified atom stereocenters. The number of hydrazine groups is 1. The Morgan fingerprint density at radius 2 is 1.89 bits per heavy atom. The topological polar surface area (TPSA) is 56.1 Å². The molecule has 18 heavy (non-hydrogen) atoms. The van der Waals surface area contributed by atoms with Gasteiger partial charge in [-0.3, -0.25) is 4.79 Å². The standard InChI is InChI=1S/C14H19N3O/c1-5-11-6-8-12(9-7-11)13(18)17(10-15)16-14(2,3)4/h6-9,16H,5H2,1-4H3. The molecule has 0 bridgehead atoms. The lowest BCUT2D eigenvalue weighted by atomic mass is 10.1. The molecule has 0 aliphatic rings. The molecule has 4 heteroatoms. The molecule has 0 aliphatic heterocycles. The van der Waals surface area contributed by atoms with Gasteiger partial charge in [-0.05, 0) is 44.9 Å². The molecule has 1 aromatic carbocycles. The van der Waals surface area contributed by atoms with Crippen LogP contribution in [0.2, 0.25) is 0 Å². The first-order chi connectivity index (χ1) is 8.37. The van der Waals surface area contributed by atoms with Gasteiger partial charge in [0.15, 0.2) is 0 Å². The summed E-state index contributed by atoms with van der Waals surface area (Å²) in [5.74, 6) is -0.338. The molecule has 1 aromatic rings. The van der Waals surface area contributed by atoms with Gasteiger partial charge in [-0.15, -0.1) is 0 Å². The lowest BCUT2D eigenvalue weighted by molar-refractivity contribution is 0.0710.